The van der Waals surface area contributed by atoms with Crippen molar-refractivity contribution in [2.24, 2.45) is 5.92 Å². The molecule has 1 saturated heterocycles. The van der Waals surface area contributed by atoms with E-state index in [-0.39, 0.29) is 11.9 Å². The molecule has 1 aliphatic heterocycles. The highest BCUT2D eigenvalue weighted by Crippen LogP contribution is 2.34. The molecule has 2 aliphatic rings. The molecule has 1 N–H and O–H groups in total. The van der Waals surface area contributed by atoms with Crippen LogP contribution in [-0.2, 0) is 14.3 Å². The van der Waals surface area contributed by atoms with E-state index in [1.165, 1.54) is 0 Å². The third-order valence-electron chi connectivity index (χ3n) is 4.92. The minimum absolute atomic E-state index is 0.0237. The molecule has 0 bridgehead atoms. The molecule has 1 saturated carbocycles. The van der Waals surface area contributed by atoms with E-state index in [0.29, 0.717) is 25.6 Å². The predicted octanol–water partition coefficient (Wildman–Crippen LogP) is 1.58. The Morgan fingerprint density at radius 1 is 1.24 bits per heavy atom. The van der Waals surface area contributed by atoms with Crippen molar-refractivity contribution >= 4 is 5.97 Å². The molecule has 21 heavy (non-hydrogen) atoms. The van der Waals surface area contributed by atoms with Crippen LogP contribution in [0.25, 0.3) is 0 Å². The molecule has 2 fully saturated rings. The summed E-state index contributed by atoms with van der Waals surface area (Å²) in [5.74, 6) is -0.120. The van der Waals surface area contributed by atoms with Crippen LogP contribution in [0.1, 0.15) is 45.4 Å². The van der Waals surface area contributed by atoms with Crippen molar-refractivity contribution in [3.05, 3.63) is 0 Å². The lowest BCUT2D eigenvalue weighted by Gasteiger charge is -2.41. The smallest absolute Gasteiger partial charge is 0.308 e. The number of nitrogens with zero attached hydrogens (tertiary/aromatic N) is 1. The van der Waals surface area contributed by atoms with Gasteiger partial charge in [0, 0.05) is 26.7 Å². The Kier molecular flexibility index (Phi) is 6.02. The number of aliphatic hydroxyl groups is 1. The first kappa shape index (κ1) is 16.7. The number of ether oxygens (including phenoxy) is 2. The van der Waals surface area contributed by atoms with Crippen molar-refractivity contribution in [2.45, 2.75) is 57.2 Å². The monoisotopic (exact) mass is 299 g/mol. The van der Waals surface area contributed by atoms with Crippen LogP contribution in [0.15, 0.2) is 0 Å². The molecule has 0 spiro atoms. The fourth-order valence-corrected chi connectivity index (χ4v) is 3.53. The highest BCUT2D eigenvalue weighted by molar-refractivity contribution is 5.72. The molecule has 0 amide bonds. The van der Waals surface area contributed by atoms with E-state index in [1.54, 1.807) is 7.11 Å². The van der Waals surface area contributed by atoms with E-state index in [4.69, 9.17) is 9.47 Å². The first-order valence-corrected chi connectivity index (χ1v) is 8.20. The van der Waals surface area contributed by atoms with E-state index in [0.717, 1.165) is 45.3 Å². The van der Waals surface area contributed by atoms with Gasteiger partial charge in [0.1, 0.15) is 0 Å². The molecule has 2 rings (SSSR count). The van der Waals surface area contributed by atoms with Gasteiger partial charge in [0.15, 0.2) is 0 Å². The van der Waals surface area contributed by atoms with Crippen molar-refractivity contribution in [1.29, 1.82) is 0 Å². The molecule has 0 aromatic rings. The second kappa shape index (κ2) is 7.56. The summed E-state index contributed by atoms with van der Waals surface area (Å²) in [6.07, 6.45) is 5.32. The Hall–Kier alpha value is -0.650. The first-order valence-electron chi connectivity index (χ1n) is 8.20. The average molecular weight is 299 g/mol. The van der Waals surface area contributed by atoms with Crippen molar-refractivity contribution in [2.75, 3.05) is 33.4 Å². The van der Waals surface area contributed by atoms with Crippen LogP contribution in [0.4, 0.5) is 0 Å². The van der Waals surface area contributed by atoms with Gasteiger partial charge in [0.05, 0.1) is 24.2 Å². The molecule has 0 atom stereocenters. The number of piperidine rings is 1. The summed E-state index contributed by atoms with van der Waals surface area (Å²) >= 11 is 0. The summed E-state index contributed by atoms with van der Waals surface area (Å²) in [5, 5.41) is 10.8. The Bertz CT molecular complexity index is 331. The van der Waals surface area contributed by atoms with E-state index in [1.807, 2.05) is 6.92 Å². The standard InChI is InChI=1S/C16H29NO4/c1-3-21-15(18)13-4-8-16(19,9-5-13)12-17-10-6-14(20-2)7-11-17/h13-14,19H,3-12H2,1-2H3. The average Bonchev–Trinajstić information content (AvgIpc) is 2.48. The summed E-state index contributed by atoms with van der Waals surface area (Å²) in [5.41, 5.74) is -0.636. The van der Waals surface area contributed by atoms with Gasteiger partial charge in [-0.15, -0.1) is 0 Å². The molecular formula is C16H29NO4. The number of likely N-dealkylation sites (tertiary alicyclic amines) is 1. The van der Waals surface area contributed by atoms with Crippen LogP contribution in [-0.4, -0.2) is 61.0 Å². The molecule has 0 radical (unpaired) electrons. The van der Waals surface area contributed by atoms with Crippen LogP contribution in [0.5, 0.6) is 0 Å². The minimum atomic E-state index is -0.636. The Balaban J connectivity index is 1.76. The molecule has 0 unspecified atom stereocenters. The van der Waals surface area contributed by atoms with E-state index >= 15 is 0 Å². The van der Waals surface area contributed by atoms with Crippen LogP contribution >= 0.6 is 0 Å². The highest BCUT2D eigenvalue weighted by Gasteiger charge is 2.38. The maximum Gasteiger partial charge on any atom is 0.308 e. The van der Waals surface area contributed by atoms with Crippen molar-refractivity contribution in [3.8, 4) is 0 Å². The second-order valence-corrected chi connectivity index (χ2v) is 6.46. The SMILES string of the molecule is CCOC(=O)C1CCC(O)(CN2CCC(OC)CC2)CC1. The molecule has 5 nitrogen and oxygen atoms in total. The van der Waals surface area contributed by atoms with Crippen LogP contribution in [0.3, 0.4) is 0 Å². The zero-order chi connectivity index (χ0) is 15.3. The minimum Gasteiger partial charge on any atom is -0.466 e. The number of rotatable bonds is 5. The predicted molar refractivity (Wildman–Crippen MR) is 80.0 cm³/mol. The molecule has 0 aromatic carbocycles. The summed E-state index contributed by atoms with van der Waals surface area (Å²) in [6.45, 7) is 4.97. The topological polar surface area (TPSA) is 59.0 Å². The molecule has 122 valence electrons. The lowest BCUT2D eigenvalue weighted by Crippen LogP contribution is -2.49. The number of methoxy groups -OCH3 is 1. The number of hydrogen-bond donors (Lipinski definition) is 1. The number of β-amino-alcohol motifs (C(OH)–C–C–N with tert-alkyl or cyclic N) is 1. The van der Waals surface area contributed by atoms with E-state index in [9.17, 15) is 9.90 Å². The van der Waals surface area contributed by atoms with Gasteiger partial charge in [-0.25, -0.2) is 0 Å². The third-order valence-corrected chi connectivity index (χ3v) is 4.92. The number of carbonyl (C=O) groups is 1. The maximum atomic E-state index is 11.7. The van der Waals surface area contributed by atoms with Gasteiger partial charge in [-0.1, -0.05) is 0 Å². The molecule has 1 aliphatic carbocycles. The zero-order valence-corrected chi connectivity index (χ0v) is 13.3. The van der Waals surface area contributed by atoms with Gasteiger partial charge >= 0.3 is 5.97 Å². The Labute approximate surface area is 127 Å². The van der Waals surface area contributed by atoms with Gasteiger partial charge in [-0.3, -0.25) is 4.79 Å². The van der Waals surface area contributed by atoms with Crippen molar-refractivity contribution in [1.82, 2.24) is 4.90 Å². The second-order valence-electron chi connectivity index (χ2n) is 6.46. The Morgan fingerprint density at radius 2 is 1.86 bits per heavy atom. The maximum absolute atomic E-state index is 11.7. The summed E-state index contributed by atoms with van der Waals surface area (Å²) < 4.78 is 10.5. The van der Waals surface area contributed by atoms with Crippen LogP contribution in [0.2, 0.25) is 0 Å². The van der Waals surface area contributed by atoms with Gasteiger partial charge < -0.3 is 19.5 Å². The third kappa shape index (κ3) is 4.66. The molecule has 1 heterocycles. The fourth-order valence-electron chi connectivity index (χ4n) is 3.53. The lowest BCUT2D eigenvalue weighted by molar-refractivity contribution is -0.151. The quantitative estimate of drug-likeness (QED) is 0.781. The summed E-state index contributed by atoms with van der Waals surface area (Å²) in [6, 6.07) is 0. The molecule has 0 aromatic heterocycles. The summed E-state index contributed by atoms with van der Waals surface area (Å²) in [4.78, 5) is 14.1. The zero-order valence-electron chi connectivity index (χ0n) is 13.3. The van der Waals surface area contributed by atoms with Crippen LogP contribution in [0, 0.1) is 5.92 Å². The number of esters is 1. The highest BCUT2D eigenvalue weighted by atomic mass is 16.5. The van der Waals surface area contributed by atoms with Crippen molar-refractivity contribution < 1.29 is 19.4 Å². The van der Waals surface area contributed by atoms with E-state index in [2.05, 4.69) is 4.90 Å². The van der Waals surface area contributed by atoms with Gasteiger partial charge in [-0.2, -0.15) is 0 Å². The number of hydrogen-bond acceptors (Lipinski definition) is 5. The summed E-state index contributed by atoms with van der Waals surface area (Å²) in [7, 11) is 1.77. The van der Waals surface area contributed by atoms with E-state index < -0.39 is 5.60 Å². The van der Waals surface area contributed by atoms with Gasteiger partial charge in [0.2, 0.25) is 0 Å². The fraction of sp³-hybridized carbons (Fsp3) is 0.938. The Morgan fingerprint density at radius 3 is 2.38 bits per heavy atom. The van der Waals surface area contributed by atoms with Crippen molar-refractivity contribution in [3.63, 3.8) is 0 Å². The van der Waals surface area contributed by atoms with Gasteiger partial charge in [0.25, 0.3) is 0 Å². The first-order chi connectivity index (χ1) is 10.1. The molecule has 5 heteroatoms. The van der Waals surface area contributed by atoms with Gasteiger partial charge in [-0.05, 0) is 45.4 Å². The normalized spacial score (nSPS) is 32.0. The molecular weight excluding hydrogens is 270 g/mol. The lowest BCUT2D eigenvalue weighted by atomic mass is 9.78. The largest absolute Gasteiger partial charge is 0.466 e. The van der Waals surface area contributed by atoms with Crippen LogP contribution < -0.4 is 0 Å². The number of carbonyl (C=O) groups excluding carboxylic acids is 1.